The maximum absolute atomic E-state index is 15.4. The number of aromatic nitrogens is 1. The number of rotatable bonds is 5. The van der Waals surface area contributed by atoms with Crippen molar-refractivity contribution in [1.82, 2.24) is 9.88 Å². The van der Waals surface area contributed by atoms with Crippen molar-refractivity contribution in [3.63, 3.8) is 0 Å². The molecule has 8 heteroatoms. The van der Waals surface area contributed by atoms with Crippen molar-refractivity contribution in [2.45, 2.75) is 44.9 Å². The molecule has 1 aliphatic rings. The molecule has 0 radical (unpaired) electrons. The fraction of sp³-hybridized carbons (Fsp3) is 0.320. The molecule has 0 fully saturated rings. The van der Waals surface area contributed by atoms with E-state index in [-0.39, 0.29) is 23.7 Å². The Morgan fingerprint density at radius 1 is 1.21 bits per heavy atom. The van der Waals surface area contributed by atoms with Crippen LogP contribution >= 0.6 is 0 Å². The van der Waals surface area contributed by atoms with E-state index >= 15 is 8.78 Å². The van der Waals surface area contributed by atoms with Crippen LogP contribution in [0.2, 0.25) is 0 Å². The molecule has 4 rings (SSSR count). The molecule has 4 nitrogen and oxygen atoms in total. The number of fused-ring (bicyclic) bond motifs is 3. The van der Waals surface area contributed by atoms with Gasteiger partial charge in [0.15, 0.2) is 0 Å². The van der Waals surface area contributed by atoms with Gasteiger partial charge in [-0.25, -0.2) is 22.4 Å². The van der Waals surface area contributed by atoms with Gasteiger partial charge < -0.3 is 10.1 Å². The number of hydrogen-bond acceptors (Lipinski definition) is 2. The van der Waals surface area contributed by atoms with E-state index in [9.17, 15) is 13.6 Å². The van der Waals surface area contributed by atoms with E-state index in [1.54, 1.807) is 11.0 Å². The third-order valence-corrected chi connectivity index (χ3v) is 5.92. The van der Waals surface area contributed by atoms with Gasteiger partial charge in [-0.3, -0.25) is 4.90 Å². The zero-order valence-electron chi connectivity index (χ0n) is 18.4. The molecule has 1 aromatic heterocycles. The van der Waals surface area contributed by atoms with E-state index < -0.39 is 35.1 Å². The van der Waals surface area contributed by atoms with Crippen molar-refractivity contribution in [2.75, 3.05) is 6.54 Å². The fourth-order valence-corrected chi connectivity index (χ4v) is 4.65. The SMILES string of the molecule is C[C@@H]1Cc2c([nH]c3ccc(F)cc23)C(c2c(F)cc(/C=C/C(=O)O)cc2F)N1CC(C)(C)F. The number of carbonyl (C=O) groups is 1. The van der Waals surface area contributed by atoms with Crippen LogP contribution in [0.1, 0.15) is 49.2 Å². The number of halogens is 4. The number of benzene rings is 2. The molecule has 2 heterocycles. The summed E-state index contributed by atoms with van der Waals surface area (Å²) < 4.78 is 59.4. The Kier molecular flexibility index (Phi) is 5.82. The van der Waals surface area contributed by atoms with Gasteiger partial charge in [0.05, 0.1) is 6.04 Å². The Morgan fingerprint density at radius 3 is 2.48 bits per heavy atom. The number of alkyl halides is 1. The quantitative estimate of drug-likeness (QED) is 0.376. The molecule has 174 valence electrons. The topological polar surface area (TPSA) is 56.3 Å². The van der Waals surface area contributed by atoms with Gasteiger partial charge in [-0.05, 0) is 74.7 Å². The van der Waals surface area contributed by atoms with Gasteiger partial charge in [0.1, 0.15) is 23.1 Å². The van der Waals surface area contributed by atoms with Gasteiger partial charge >= 0.3 is 5.97 Å². The Bertz CT molecular complexity index is 1240. The summed E-state index contributed by atoms with van der Waals surface area (Å²) in [6.07, 6.45) is 2.34. The number of hydrogen-bond donors (Lipinski definition) is 2. The summed E-state index contributed by atoms with van der Waals surface area (Å²) >= 11 is 0. The van der Waals surface area contributed by atoms with Crippen molar-refractivity contribution in [3.8, 4) is 0 Å². The molecular weight excluding hydrogens is 436 g/mol. The molecule has 33 heavy (non-hydrogen) atoms. The number of aromatic amines is 1. The maximum atomic E-state index is 15.4. The molecule has 2 N–H and O–H groups in total. The first kappa shape index (κ1) is 23.0. The number of aliphatic carboxylic acids is 1. The Morgan fingerprint density at radius 2 is 1.88 bits per heavy atom. The van der Waals surface area contributed by atoms with Crippen LogP contribution in [0.25, 0.3) is 17.0 Å². The molecule has 0 amide bonds. The lowest BCUT2D eigenvalue weighted by molar-refractivity contribution is -0.131. The summed E-state index contributed by atoms with van der Waals surface area (Å²) in [5.74, 6) is -3.42. The lowest BCUT2D eigenvalue weighted by atomic mass is 9.87. The Hall–Kier alpha value is -3.13. The van der Waals surface area contributed by atoms with Crippen LogP contribution < -0.4 is 0 Å². The summed E-state index contributed by atoms with van der Waals surface area (Å²) in [5, 5.41) is 9.42. The highest BCUT2D eigenvalue weighted by Gasteiger charge is 2.41. The van der Waals surface area contributed by atoms with Crippen molar-refractivity contribution in [1.29, 1.82) is 0 Å². The van der Waals surface area contributed by atoms with E-state index in [1.165, 1.54) is 26.0 Å². The molecule has 0 saturated heterocycles. The van der Waals surface area contributed by atoms with Crippen LogP contribution in [0.4, 0.5) is 17.6 Å². The molecule has 0 bridgehead atoms. The summed E-state index contributed by atoms with van der Waals surface area (Å²) in [6, 6.07) is 5.10. The van der Waals surface area contributed by atoms with Crippen LogP contribution in [-0.2, 0) is 11.2 Å². The predicted molar refractivity (Wildman–Crippen MR) is 118 cm³/mol. The highest BCUT2D eigenvalue weighted by molar-refractivity contribution is 5.86. The summed E-state index contributed by atoms with van der Waals surface area (Å²) in [6.45, 7) is 4.57. The zero-order chi connectivity index (χ0) is 24.1. The van der Waals surface area contributed by atoms with E-state index in [2.05, 4.69) is 4.98 Å². The van der Waals surface area contributed by atoms with Crippen LogP contribution in [0.15, 0.2) is 36.4 Å². The molecule has 2 aromatic carbocycles. The van der Waals surface area contributed by atoms with Crippen molar-refractivity contribution < 1.29 is 27.5 Å². The largest absolute Gasteiger partial charge is 0.478 e. The maximum Gasteiger partial charge on any atom is 0.328 e. The second kappa shape index (κ2) is 8.33. The molecule has 1 aliphatic heterocycles. The van der Waals surface area contributed by atoms with Crippen molar-refractivity contribution in [2.24, 2.45) is 0 Å². The van der Waals surface area contributed by atoms with Crippen LogP contribution in [0.5, 0.6) is 0 Å². The molecular formula is C25H24F4N2O2. The molecule has 3 aromatic rings. The summed E-state index contributed by atoms with van der Waals surface area (Å²) in [7, 11) is 0. The standard InChI is InChI=1S/C25H24F4N2O2/c1-13-8-17-16-11-15(26)5-6-20(16)30-23(17)24(31(13)12-25(2,3)29)22-18(27)9-14(10-19(22)28)4-7-21(32)33/h4-7,9-11,13,24,30H,8,12H2,1-3H3,(H,32,33)/b7-4+/t13-,24?/m1/s1. The lowest BCUT2D eigenvalue weighted by Gasteiger charge is -2.43. The first-order valence-electron chi connectivity index (χ1n) is 10.6. The molecule has 1 unspecified atom stereocenters. The minimum absolute atomic E-state index is 0.0521. The van der Waals surface area contributed by atoms with Crippen molar-refractivity contribution >= 4 is 22.9 Å². The third kappa shape index (κ3) is 4.53. The van der Waals surface area contributed by atoms with Gasteiger partial charge in [-0.1, -0.05) is 0 Å². The molecule has 0 aliphatic carbocycles. The van der Waals surface area contributed by atoms with E-state index in [0.717, 1.165) is 29.8 Å². The summed E-state index contributed by atoms with van der Waals surface area (Å²) in [5.41, 5.74) is -0.00277. The second-order valence-electron chi connectivity index (χ2n) is 9.12. The number of nitrogens with zero attached hydrogens (tertiary/aromatic N) is 1. The highest BCUT2D eigenvalue weighted by Crippen LogP contribution is 2.43. The zero-order valence-corrected chi connectivity index (χ0v) is 18.4. The van der Waals surface area contributed by atoms with Crippen LogP contribution in [-0.4, -0.2) is 39.2 Å². The minimum atomic E-state index is -1.64. The van der Waals surface area contributed by atoms with Gasteiger partial charge in [0, 0.05) is 40.8 Å². The second-order valence-corrected chi connectivity index (χ2v) is 9.12. The summed E-state index contributed by atoms with van der Waals surface area (Å²) in [4.78, 5) is 15.7. The minimum Gasteiger partial charge on any atom is -0.478 e. The van der Waals surface area contributed by atoms with Crippen molar-refractivity contribution in [3.05, 3.63) is 76.2 Å². The monoisotopic (exact) mass is 460 g/mol. The van der Waals surface area contributed by atoms with Crippen LogP contribution in [0.3, 0.4) is 0 Å². The van der Waals surface area contributed by atoms with E-state index in [1.807, 2.05) is 6.92 Å². The van der Waals surface area contributed by atoms with E-state index in [4.69, 9.17) is 5.11 Å². The first-order chi connectivity index (χ1) is 15.4. The first-order valence-corrected chi connectivity index (χ1v) is 10.6. The van der Waals surface area contributed by atoms with Gasteiger partial charge in [-0.2, -0.15) is 0 Å². The van der Waals surface area contributed by atoms with Crippen LogP contribution in [0, 0.1) is 17.5 Å². The number of H-pyrrole nitrogens is 1. The average molecular weight is 460 g/mol. The predicted octanol–water partition coefficient (Wildman–Crippen LogP) is 5.77. The normalized spacial score (nSPS) is 19.4. The van der Waals surface area contributed by atoms with Gasteiger partial charge in [-0.15, -0.1) is 0 Å². The van der Waals surface area contributed by atoms with Gasteiger partial charge in [0.25, 0.3) is 0 Å². The molecule has 2 atom stereocenters. The lowest BCUT2D eigenvalue weighted by Crippen LogP contribution is -2.48. The Balaban J connectivity index is 1.93. The van der Waals surface area contributed by atoms with Gasteiger partial charge in [0.2, 0.25) is 0 Å². The van der Waals surface area contributed by atoms with E-state index in [0.29, 0.717) is 23.0 Å². The Labute approximate surface area is 188 Å². The third-order valence-electron chi connectivity index (χ3n) is 5.92. The molecule has 0 saturated carbocycles. The molecule has 0 spiro atoms. The smallest absolute Gasteiger partial charge is 0.328 e. The fourth-order valence-electron chi connectivity index (χ4n) is 4.65. The number of carboxylic acids is 1. The number of carboxylic acid groups (broad SMARTS) is 1. The average Bonchev–Trinajstić information content (AvgIpc) is 3.04. The number of nitrogens with one attached hydrogen (secondary N) is 1. The highest BCUT2D eigenvalue weighted by atomic mass is 19.1.